The molecule has 150 valence electrons. The monoisotopic (exact) mass is 412 g/mol. The minimum absolute atomic E-state index is 0.0256. The maximum atomic E-state index is 12.2. The Hall–Kier alpha value is -3.40. The predicted molar refractivity (Wildman–Crippen MR) is 113 cm³/mol. The molecule has 1 amide bonds. The van der Waals surface area contributed by atoms with Crippen LogP contribution in [0.5, 0.6) is 0 Å². The number of aromatic nitrogens is 3. The van der Waals surface area contributed by atoms with E-state index in [1.807, 2.05) is 54.9 Å². The van der Waals surface area contributed by atoms with Crippen LogP contribution in [0, 0.1) is 10.1 Å². The zero-order valence-corrected chi connectivity index (χ0v) is 17.0. The highest BCUT2D eigenvalue weighted by atomic mass is 32.2. The van der Waals surface area contributed by atoms with Gasteiger partial charge in [0.05, 0.1) is 10.7 Å². The van der Waals surface area contributed by atoms with Gasteiger partial charge in [-0.2, -0.15) is 0 Å². The fourth-order valence-corrected chi connectivity index (χ4v) is 3.32. The summed E-state index contributed by atoms with van der Waals surface area (Å²) in [6.07, 6.45) is 0. The Labute approximate surface area is 171 Å². The van der Waals surface area contributed by atoms with Crippen molar-refractivity contribution >= 4 is 34.7 Å². The number of rotatable bonds is 7. The lowest BCUT2D eigenvalue weighted by atomic mass is 10.2. The van der Waals surface area contributed by atoms with E-state index in [9.17, 15) is 14.9 Å². The number of nitrogens with one attached hydrogen (secondary N) is 1. The fourth-order valence-electron chi connectivity index (χ4n) is 2.61. The molecule has 1 heterocycles. The first kappa shape index (κ1) is 20.3. The summed E-state index contributed by atoms with van der Waals surface area (Å²) in [5.74, 6) is 0.621. The molecule has 1 aromatic heterocycles. The van der Waals surface area contributed by atoms with E-state index in [1.165, 1.54) is 36.0 Å². The number of amides is 1. The molecule has 0 unspecified atom stereocenters. The molecule has 9 nitrogen and oxygen atoms in total. The number of nitrogens with zero attached hydrogens (tertiary/aromatic N) is 5. The molecular formula is C19H20N6O3S. The minimum atomic E-state index is -0.485. The van der Waals surface area contributed by atoms with E-state index in [-0.39, 0.29) is 17.3 Å². The molecule has 0 saturated heterocycles. The second-order valence-corrected chi connectivity index (χ2v) is 7.39. The highest BCUT2D eigenvalue weighted by Crippen LogP contribution is 2.25. The third kappa shape index (κ3) is 4.91. The van der Waals surface area contributed by atoms with E-state index >= 15 is 0 Å². The first-order valence-corrected chi connectivity index (χ1v) is 9.68. The Morgan fingerprint density at radius 3 is 2.59 bits per heavy atom. The summed E-state index contributed by atoms with van der Waals surface area (Å²) < 4.78 is 1.85. The summed E-state index contributed by atoms with van der Waals surface area (Å²) in [7, 11) is 5.80. The summed E-state index contributed by atoms with van der Waals surface area (Å²) in [5, 5.41) is 22.4. The average molecular weight is 412 g/mol. The van der Waals surface area contributed by atoms with Crippen LogP contribution in [0.2, 0.25) is 0 Å². The van der Waals surface area contributed by atoms with Gasteiger partial charge in [0, 0.05) is 50.2 Å². The smallest absolute Gasteiger partial charge is 0.269 e. The van der Waals surface area contributed by atoms with Crippen LogP contribution >= 0.6 is 11.8 Å². The lowest BCUT2D eigenvalue weighted by Crippen LogP contribution is -2.14. The Kier molecular flexibility index (Phi) is 6.13. The maximum absolute atomic E-state index is 12.2. The molecule has 0 bridgehead atoms. The van der Waals surface area contributed by atoms with Gasteiger partial charge in [0.15, 0.2) is 11.0 Å². The van der Waals surface area contributed by atoms with Gasteiger partial charge in [-0.15, -0.1) is 10.2 Å². The molecule has 1 N–H and O–H groups in total. The lowest BCUT2D eigenvalue weighted by molar-refractivity contribution is -0.384. The highest BCUT2D eigenvalue weighted by molar-refractivity contribution is 7.99. The minimum Gasteiger partial charge on any atom is -0.378 e. The first-order chi connectivity index (χ1) is 13.8. The summed E-state index contributed by atoms with van der Waals surface area (Å²) in [4.78, 5) is 24.4. The van der Waals surface area contributed by atoms with E-state index in [4.69, 9.17) is 0 Å². The summed E-state index contributed by atoms with van der Waals surface area (Å²) in [6, 6.07) is 13.7. The molecular weight excluding hydrogens is 392 g/mol. The van der Waals surface area contributed by atoms with Crippen molar-refractivity contribution in [1.29, 1.82) is 0 Å². The molecule has 0 radical (unpaired) electrons. The van der Waals surface area contributed by atoms with Gasteiger partial charge in [-0.05, 0) is 24.3 Å². The molecule has 10 heteroatoms. The van der Waals surface area contributed by atoms with Gasteiger partial charge >= 0.3 is 0 Å². The van der Waals surface area contributed by atoms with Gasteiger partial charge in [-0.1, -0.05) is 23.9 Å². The summed E-state index contributed by atoms with van der Waals surface area (Å²) in [6.45, 7) is 0. The molecule has 0 spiro atoms. The second kappa shape index (κ2) is 8.74. The van der Waals surface area contributed by atoms with Gasteiger partial charge in [0.2, 0.25) is 5.91 Å². The van der Waals surface area contributed by atoms with Crippen LogP contribution in [0.25, 0.3) is 11.4 Å². The second-order valence-electron chi connectivity index (χ2n) is 6.45. The number of nitro groups is 1. The van der Waals surface area contributed by atoms with Crippen molar-refractivity contribution in [2.45, 2.75) is 5.16 Å². The Balaban J connectivity index is 1.63. The van der Waals surface area contributed by atoms with E-state index in [2.05, 4.69) is 15.5 Å². The molecule has 0 aliphatic heterocycles. The molecule has 29 heavy (non-hydrogen) atoms. The average Bonchev–Trinajstić information content (AvgIpc) is 3.07. The third-order valence-corrected chi connectivity index (χ3v) is 5.17. The van der Waals surface area contributed by atoms with Crippen LogP contribution in [0.1, 0.15) is 0 Å². The molecule has 0 saturated carbocycles. The predicted octanol–water partition coefficient (Wildman–Crippen LogP) is 3.19. The van der Waals surface area contributed by atoms with Gasteiger partial charge in [0.25, 0.3) is 5.69 Å². The number of carbonyl (C=O) groups excluding carboxylic acids is 1. The number of non-ortho nitro benzene ring substituents is 1. The van der Waals surface area contributed by atoms with Crippen molar-refractivity contribution in [2.24, 2.45) is 7.05 Å². The number of anilines is 2. The summed E-state index contributed by atoms with van der Waals surface area (Å²) >= 11 is 1.27. The van der Waals surface area contributed by atoms with Gasteiger partial charge in [-0.3, -0.25) is 14.9 Å². The van der Waals surface area contributed by atoms with Crippen LogP contribution in [0.3, 0.4) is 0 Å². The SMILES string of the molecule is CN(C)c1cccc(-c2nnc(SCC(=O)Nc3ccc([N+](=O)[O-])cc3)n2C)c1. The van der Waals surface area contributed by atoms with Crippen molar-refractivity contribution < 1.29 is 9.72 Å². The van der Waals surface area contributed by atoms with E-state index in [0.29, 0.717) is 16.7 Å². The molecule has 3 rings (SSSR count). The largest absolute Gasteiger partial charge is 0.378 e. The number of hydrogen-bond donors (Lipinski definition) is 1. The van der Waals surface area contributed by atoms with Crippen LogP contribution in [-0.2, 0) is 11.8 Å². The van der Waals surface area contributed by atoms with Crippen molar-refractivity contribution in [2.75, 3.05) is 30.1 Å². The lowest BCUT2D eigenvalue weighted by Gasteiger charge is -2.13. The number of hydrogen-bond acceptors (Lipinski definition) is 7. The highest BCUT2D eigenvalue weighted by Gasteiger charge is 2.14. The fraction of sp³-hybridized carbons (Fsp3) is 0.211. The van der Waals surface area contributed by atoms with Gasteiger partial charge in [-0.25, -0.2) is 0 Å². The van der Waals surface area contributed by atoms with Crippen molar-refractivity contribution in [3.63, 3.8) is 0 Å². The molecule has 0 aliphatic rings. The summed E-state index contributed by atoms with van der Waals surface area (Å²) in [5.41, 5.74) is 2.47. The van der Waals surface area contributed by atoms with Crippen LogP contribution in [-0.4, -0.2) is 45.4 Å². The zero-order valence-electron chi connectivity index (χ0n) is 16.2. The molecule has 0 atom stereocenters. The number of carbonyl (C=O) groups is 1. The Bertz CT molecular complexity index is 1030. The molecule has 0 aliphatic carbocycles. The molecule has 0 fully saturated rings. The quantitative estimate of drug-likeness (QED) is 0.361. The third-order valence-electron chi connectivity index (χ3n) is 4.15. The zero-order chi connectivity index (χ0) is 21.0. The van der Waals surface area contributed by atoms with Crippen molar-refractivity contribution in [3.05, 3.63) is 58.6 Å². The normalized spacial score (nSPS) is 10.6. The van der Waals surface area contributed by atoms with Crippen LogP contribution in [0.15, 0.2) is 53.7 Å². The van der Waals surface area contributed by atoms with Crippen LogP contribution < -0.4 is 10.2 Å². The van der Waals surface area contributed by atoms with Gasteiger partial charge < -0.3 is 14.8 Å². The number of benzene rings is 2. The topological polar surface area (TPSA) is 106 Å². The Morgan fingerprint density at radius 2 is 1.93 bits per heavy atom. The van der Waals surface area contributed by atoms with Gasteiger partial charge in [0.1, 0.15) is 0 Å². The van der Waals surface area contributed by atoms with E-state index in [0.717, 1.165) is 11.3 Å². The van der Waals surface area contributed by atoms with Crippen molar-refractivity contribution in [1.82, 2.24) is 14.8 Å². The Morgan fingerprint density at radius 1 is 1.21 bits per heavy atom. The molecule has 2 aromatic carbocycles. The molecule has 3 aromatic rings. The van der Waals surface area contributed by atoms with E-state index in [1.54, 1.807) is 0 Å². The number of thioether (sulfide) groups is 1. The number of nitro benzene ring substituents is 1. The standard InChI is InChI=1S/C19H20N6O3S/c1-23(2)16-6-4-5-13(11-16)18-21-22-19(24(18)3)29-12-17(26)20-14-7-9-15(10-8-14)25(27)28/h4-11H,12H2,1-3H3,(H,20,26). The first-order valence-electron chi connectivity index (χ1n) is 8.69. The van der Waals surface area contributed by atoms with Crippen LogP contribution in [0.4, 0.5) is 17.1 Å². The van der Waals surface area contributed by atoms with Crippen molar-refractivity contribution in [3.8, 4) is 11.4 Å². The maximum Gasteiger partial charge on any atom is 0.269 e. The van der Waals surface area contributed by atoms with E-state index < -0.39 is 4.92 Å².